The molecule has 13 heteroatoms. The number of rotatable bonds is 6. The molecule has 0 radical (unpaired) electrons. The minimum atomic E-state index is -5.08. The van der Waals surface area contributed by atoms with Gasteiger partial charge in [-0.2, -0.15) is 18.3 Å². The van der Waals surface area contributed by atoms with Crippen LogP contribution in [-0.2, 0) is 34.8 Å². The molecule has 1 aromatic heterocycles. The van der Waals surface area contributed by atoms with Gasteiger partial charge in [0, 0.05) is 25.6 Å². The summed E-state index contributed by atoms with van der Waals surface area (Å²) in [6, 6.07) is 15.9. The van der Waals surface area contributed by atoms with Gasteiger partial charge in [-0.3, -0.25) is 4.68 Å². The van der Waals surface area contributed by atoms with Crippen LogP contribution in [0.25, 0.3) is 0 Å². The second-order valence-corrected chi connectivity index (χ2v) is 10.2. The normalized spacial score (nSPS) is 17.2. The Bertz CT molecular complexity index is 1340. The molecule has 2 aromatic carbocycles. The molecule has 0 saturated carbocycles. The highest BCUT2D eigenvalue weighted by molar-refractivity contribution is 7.89. The van der Waals surface area contributed by atoms with E-state index in [1.807, 2.05) is 36.4 Å². The lowest BCUT2D eigenvalue weighted by Crippen LogP contribution is -2.39. The molecule has 4 N–H and O–H groups in total. The third kappa shape index (κ3) is 7.08. The van der Waals surface area contributed by atoms with Gasteiger partial charge in [0.1, 0.15) is 17.3 Å². The zero-order valence-corrected chi connectivity index (χ0v) is 20.9. The lowest BCUT2D eigenvalue weighted by molar-refractivity contribution is -0.192. The number of fused-ring (bicyclic) bond motifs is 1. The first kappa shape index (κ1) is 28.2. The summed E-state index contributed by atoms with van der Waals surface area (Å²) in [5.74, 6) is -1.84. The van der Waals surface area contributed by atoms with Crippen LogP contribution >= 0.6 is 0 Å². The van der Waals surface area contributed by atoms with Crippen LogP contribution in [0.5, 0.6) is 5.75 Å². The summed E-state index contributed by atoms with van der Waals surface area (Å²) in [6.07, 6.45) is -2.91. The highest BCUT2D eigenvalue weighted by Gasteiger charge is 2.38. The highest BCUT2D eigenvalue weighted by Crippen LogP contribution is 2.36. The van der Waals surface area contributed by atoms with Crippen molar-refractivity contribution in [1.82, 2.24) is 14.5 Å². The maximum Gasteiger partial charge on any atom is 0.490 e. The van der Waals surface area contributed by atoms with Gasteiger partial charge in [0.25, 0.3) is 0 Å². The number of alkyl halides is 3. The maximum absolute atomic E-state index is 12.7. The predicted molar refractivity (Wildman–Crippen MR) is 128 cm³/mol. The molecular weight excluding hydrogens is 513 g/mol. The first-order chi connectivity index (χ1) is 17.3. The number of nitrogens with two attached hydrogens (primary N) is 1. The minimum Gasteiger partial charge on any atom is -0.492 e. The average molecular weight is 541 g/mol. The third-order valence-corrected chi connectivity index (χ3v) is 7.41. The summed E-state index contributed by atoms with van der Waals surface area (Å²) in [5.41, 5.74) is 10.1. The van der Waals surface area contributed by atoms with Crippen molar-refractivity contribution >= 4 is 16.0 Å². The number of halogens is 3. The van der Waals surface area contributed by atoms with E-state index in [9.17, 15) is 21.6 Å². The lowest BCUT2D eigenvalue weighted by atomic mass is 9.84. The Morgan fingerprint density at radius 1 is 1.22 bits per heavy atom. The second-order valence-electron chi connectivity index (χ2n) is 8.49. The van der Waals surface area contributed by atoms with Crippen molar-refractivity contribution < 1.29 is 36.2 Å². The van der Waals surface area contributed by atoms with E-state index < -0.39 is 22.2 Å². The third-order valence-electron chi connectivity index (χ3n) is 5.91. The number of nitrogens with one attached hydrogen (secondary N) is 1. The van der Waals surface area contributed by atoms with Crippen LogP contribution < -0.4 is 15.2 Å². The Hall–Kier alpha value is -3.42. The number of nitrogens with zero attached hydrogens (tertiary/aromatic N) is 2. The molecule has 2 unspecified atom stereocenters. The Morgan fingerprint density at radius 2 is 1.86 bits per heavy atom. The molecule has 0 fully saturated rings. The number of hydrogen-bond acceptors (Lipinski definition) is 6. The van der Waals surface area contributed by atoms with Crippen molar-refractivity contribution in [2.24, 2.45) is 12.8 Å². The van der Waals surface area contributed by atoms with E-state index in [1.54, 1.807) is 18.7 Å². The predicted octanol–water partition coefficient (Wildman–Crippen LogP) is 2.89. The fourth-order valence-corrected chi connectivity index (χ4v) is 5.01. The zero-order chi connectivity index (χ0) is 27.4. The fourth-order valence-electron chi connectivity index (χ4n) is 3.79. The second kappa shape index (κ2) is 11.3. The van der Waals surface area contributed by atoms with Crippen molar-refractivity contribution in [3.63, 3.8) is 0 Å². The largest absolute Gasteiger partial charge is 0.492 e. The summed E-state index contributed by atoms with van der Waals surface area (Å²) in [5, 5.41) is 11.1. The fraction of sp³-hybridized carbons (Fsp3) is 0.333. The number of aryl methyl sites for hydroxylation is 1. The molecule has 0 amide bonds. The van der Waals surface area contributed by atoms with E-state index in [4.69, 9.17) is 20.4 Å². The summed E-state index contributed by atoms with van der Waals surface area (Å²) in [4.78, 5) is 9.09. The van der Waals surface area contributed by atoms with Crippen molar-refractivity contribution in [2.45, 2.75) is 42.9 Å². The number of carboxylic acids is 1. The molecule has 1 aliphatic rings. The van der Waals surface area contributed by atoms with Crippen LogP contribution in [-0.4, -0.2) is 48.1 Å². The van der Waals surface area contributed by atoms with Gasteiger partial charge < -0.3 is 15.6 Å². The first-order valence-electron chi connectivity index (χ1n) is 11.1. The van der Waals surface area contributed by atoms with E-state index in [0.717, 1.165) is 23.3 Å². The smallest absolute Gasteiger partial charge is 0.490 e. The number of benzene rings is 2. The van der Waals surface area contributed by atoms with Gasteiger partial charge in [-0.15, -0.1) is 0 Å². The van der Waals surface area contributed by atoms with Crippen LogP contribution in [0.15, 0.2) is 59.6 Å². The van der Waals surface area contributed by atoms with Crippen LogP contribution in [0, 0.1) is 6.92 Å². The van der Waals surface area contributed by atoms with Crippen LogP contribution in [0.1, 0.15) is 28.3 Å². The molecule has 0 bridgehead atoms. The van der Waals surface area contributed by atoms with Gasteiger partial charge in [0.15, 0.2) is 0 Å². The van der Waals surface area contributed by atoms with E-state index in [1.165, 1.54) is 11.8 Å². The van der Waals surface area contributed by atoms with E-state index in [0.29, 0.717) is 12.3 Å². The minimum absolute atomic E-state index is 0.105. The summed E-state index contributed by atoms with van der Waals surface area (Å²) in [6.45, 7) is 2.38. The molecule has 3 aromatic rings. The molecule has 2 atom stereocenters. The molecule has 0 saturated heterocycles. The van der Waals surface area contributed by atoms with Gasteiger partial charge in [-0.05, 0) is 36.1 Å². The van der Waals surface area contributed by atoms with Gasteiger partial charge in [0.05, 0.1) is 11.9 Å². The molecule has 37 heavy (non-hydrogen) atoms. The van der Waals surface area contributed by atoms with Crippen molar-refractivity contribution in [1.29, 1.82) is 0 Å². The molecule has 1 aliphatic heterocycles. The summed E-state index contributed by atoms with van der Waals surface area (Å²) >= 11 is 0. The SMILES string of the molecule is Cc1c(S(=O)(=O)NCc2ccc3c(c2)C(Cc2ccccc2)C(N)CO3)cnn1C.O=C(O)C(F)(F)F. The van der Waals surface area contributed by atoms with Crippen LogP contribution in [0.4, 0.5) is 13.2 Å². The molecule has 0 aliphatic carbocycles. The summed E-state index contributed by atoms with van der Waals surface area (Å²) < 4.78 is 67.1. The zero-order valence-electron chi connectivity index (χ0n) is 20.1. The van der Waals surface area contributed by atoms with Gasteiger partial charge in [-0.1, -0.05) is 42.5 Å². The van der Waals surface area contributed by atoms with Crippen LogP contribution in [0.2, 0.25) is 0 Å². The number of carboxylic acid groups (broad SMARTS) is 1. The lowest BCUT2D eigenvalue weighted by Gasteiger charge is -2.32. The first-order valence-corrected chi connectivity index (χ1v) is 12.6. The Balaban J connectivity index is 0.000000479. The van der Waals surface area contributed by atoms with Gasteiger partial charge in [0.2, 0.25) is 10.0 Å². The maximum atomic E-state index is 12.7. The average Bonchev–Trinajstić information content (AvgIpc) is 3.19. The van der Waals surface area contributed by atoms with Crippen molar-refractivity contribution in [2.75, 3.05) is 6.61 Å². The van der Waals surface area contributed by atoms with E-state index in [2.05, 4.69) is 22.0 Å². The molecule has 9 nitrogen and oxygen atoms in total. The Labute approximate surface area is 212 Å². The number of aromatic nitrogens is 2. The van der Waals surface area contributed by atoms with Crippen molar-refractivity contribution in [3.05, 3.63) is 77.1 Å². The highest BCUT2D eigenvalue weighted by atomic mass is 32.2. The quantitative estimate of drug-likeness (QED) is 0.437. The van der Waals surface area contributed by atoms with Gasteiger partial charge in [-0.25, -0.2) is 17.9 Å². The number of carbonyl (C=O) groups is 1. The number of sulfonamides is 1. The standard InChI is InChI=1S/C22H26N4O3S.C2HF3O2/c1-15-22(13-24-26(15)2)30(27,28)25-12-17-8-9-21-19(11-17)18(20(23)14-29-21)10-16-6-4-3-5-7-16;3-2(4,5)1(6)7/h3-9,11,13,18,20,25H,10,12,14,23H2,1-2H3;(H,6,7). The van der Waals surface area contributed by atoms with Crippen molar-refractivity contribution in [3.8, 4) is 5.75 Å². The number of aliphatic carboxylic acids is 1. The number of ether oxygens (including phenoxy) is 1. The molecule has 200 valence electrons. The van der Waals surface area contributed by atoms with E-state index >= 15 is 0 Å². The molecule has 0 spiro atoms. The molecule has 4 rings (SSSR count). The van der Waals surface area contributed by atoms with Gasteiger partial charge >= 0.3 is 12.1 Å². The molecule has 2 heterocycles. The number of hydrogen-bond donors (Lipinski definition) is 3. The van der Waals surface area contributed by atoms with Crippen LogP contribution in [0.3, 0.4) is 0 Å². The Kier molecular flexibility index (Phi) is 8.61. The van der Waals surface area contributed by atoms with E-state index in [-0.39, 0.29) is 23.4 Å². The summed E-state index contributed by atoms with van der Waals surface area (Å²) in [7, 11) is -1.94. The molecular formula is C24H27F3N4O5S. The Morgan fingerprint density at radius 3 is 2.43 bits per heavy atom. The topological polar surface area (TPSA) is 137 Å². The monoisotopic (exact) mass is 540 g/mol.